The van der Waals surface area contributed by atoms with Crippen molar-refractivity contribution in [1.82, 2.24) is 5.32 Å². The Kier molecular flexibility index (Phi) is 46.1. The number of carbonyl (C=O) groups excluding carboxylic acids is 1. The number of amides is 1. The minimum Gasteiger partial charge on any atom is -0.394 e. The van der Waals surface area contributed by atoms with Gasteiger partial charge < -0.3 is 132 Å². The van der Waals surface area contributed by atoms with Crippen molar-refractivity contribution in [1.29, 1.82) is 0 Å². The largest absolute Gasteiger partial charge is 0.474 e. The fourth-order valence-electron chi connectivity index (χ4n) is 11.4. The molecule has 0 bridgehead atoms. The minimum absolute atomic E-state index is 0.0237. The van der Waals surface area contributed by atoms with Crippen LogP contribution in [0.4, 0.5) is 0 Å². The van der Waals surface area contributed by atoms with Crippen LogP contribution < -0.4 is 5.32 Å². The number of carbonyl (C=O) groups is 1. The normalized spacial score (nSPS) is 31.5. The molecule has 0 aromatic heterocycles. The molecule has 0 aromatic rings. The second-order valence-electron chi connectivity index (χ2n) is 27.3. The molecule has 106 heavy (non-hydrogen) atoms. The van der Waals surface area contributed by atoms with Crippen molar-refractivity contribution < 1.29 is 182 Å². The maximum absolute atomic E-state index is 14.0. The highest BCUT2D eigenvalue weighted by molar-refractivity contribution is 7.53. The van der Waals surface area contributed by atoms with Crippen LogP contribution >= 0.6 is 38.7 Å². The van der Waals surface area contributed by atoms with Gasteiger partial charge in [0, 0.05) is 58.2 Å². The monoisotopic (exact) mass is 1640 g/mol. The number of nitrogens with one attached hydrogen (secondary N) is 1. The Morgan fingerprint density at radius 2 is 0.830 bits per heavy atom. The van der Waals surface area contributed by atoms with Crippen LogP contribution in [0.1, 0.15) is 144 Å². The maximum Gasteiger partial charge on any atom is 0.474 e. The molecule has 0 aliphatic carbocycles. The molecule has 4 rings (SSSR count). The second kappa shape index (κ2) is 50.0. The van der Waals surface area contributed by atoms with Crippen molar-refractivity contribution in [3.8, 4) is 0 Å². The van der Waals surface area contributed by atoms with Gasteiger partial charge in [-0.05, 0) is 64.7 Å². The zero-order valence-corrected chi connectivity index (χ0v) is 66.0. The molecule has 0 saturated carbocycles. The van der Waals surface area contributed by atoms with Crippen LogP contribution in [-0.4, -0.2) is 305 Å². The van der Waals surface area contributed by atoms with Gasteiger partial charge in [-0.25, -0.2) is 13.7 Å². The summed E-state index contributed by atoms with van der Waals surface area (Å²) >= 11 is 0. The molecule has 4 aliphatic rings. The van der Waals surface area contributed by atoms with E-state index in [0.29, 0.717) is 77.0 Å². The third kappa shape index (κ3) is 36.4. The van der Waals surface area contributed by atoms with Gasteiger partial charge in [0.25, 0.3) is 0 Å². The van der Waals surface area contributed by atoms with Crippen molar-refractivity contribution in [3.63, 3.8) is 0 Å². The molecule has 0 aromatic carbocycles. The number of rotatable bonds is 59. The van der Waals surface area contributed by atoms with Crippen LogP contribution in [0.2, 0.25) is 0 Å². The summed E-state index contributed by atoms with van der Waals surface area (Å²) in [5.74, 6) is -1.63. The molecule has 24 atom stereocenters. The van der Waals surface area contributed by atoms with Crippen LogP contribution in [0.25, 0.3) is 0 Å². The molecule has 44 heteroatoms. The first-order chi connectivity index (χ1) is 50.0. The lowest BCUT2D eigenvalue weighted by Gasteiger charge is -2.42. The highest BCUT2D eigenvalue weighted by Crippen LogP contribution is 2.52. The van der Waals surface area contributed by atoms with Crippen LogP contribution in [0.3, 0.4) is 0 Å². The fourth-order valence-corrected chi connectivity index (χ4v) is 15.7. The Bertz CT molecular complexity index is 2670. The number of aliphatic hydroxyl groups excluding tert-OH is 9. The molecule has 12 unspecified atom stereocenters. The van der Waals surface area contributed by atoms with E-state index in [1.807, 2.05) is 0 Å². The fraction of sp³-hybridized carbons (Fsp3) is 0.984. The molecule has 4 heterocycles. The number of hydrogen-bond donors (Lipinski definition) is 15. The van der Waals surface area contributed by atoms with Crippen LogP contribution in [0, 0.1) is 17.3 Å². The number of ether oxygens (including phenoxy) is 10. The summed E-state index contributed by atoms with van der Waals surface area (Å²) in [7, 11) is -22.7. The van der Waals surface area contributed by atoms with Crippen molar-refractivity contribution in [2.45, 2.75) is 248 Å². The smallest absolute Gasteiger partial charge is 0.394 e. The van der Waals surface area contributed by atoms with Crippen LogP contribution in [-0.2, 0) is 111 Å². The highest BCUT2D eigenvalue weighted by Gasteiger charge is 2.48. The lowest BCUT2D eigenvalue weighted by molar-refractivity contribution is -0.282. The summed E-state index contributed by atoms with van der Waals surface area (Å²) in [5.41, 5.74) is -2.37. The van der Waals surface area contributed by atoms with E-state index in [1.165, 1.54) is 20.8 Å². The van der Waals surface area contributed by atoms with E-state index in [-0.39, 0.29) is 91.8 Å². The molecule has 4 fully saturated rings. The predicted molar refractivity (Wildman–Crippen MR) is 371 cm³/mol. The van der Waals surface area contributed by atoms with Gasteiger partial charge in [0.2, 0.25) is 5.91 Å². The van der Waals surface area contributed by atoms with Crippen molar-refractivity contribution in [2.75, 3.05) is 125 Å². The third-order valence-corrected chi connectivity index (χ3v) is 24.1. The van der Waals surface area contributed by atoms with Gasteiger partial charge in [0.1, 0.15) is 48.8 Å². The van der Waals surface area contributed by atoms with E-state index in [0.717, 1.165) is 0 Å². The third-order valence-electron chi connectivity index (χ3n) is 17.8. The summed E-state index contributed by atoms with van der Waals surface area (Å²) in [5, 5.41) is 92.6. The molecule has 1 amide bonds. The number of phosphoric ester groups is 3. The molecule has 4 aliphatic heterocycles. The van der Waals surface area contributed by atoms with Gasteiger partial charge in [0.05, 0.1) is 127 Å². The van der Waals surface area contributed by atoms with Gasteiger partial charge in [-0.3, -0.25) is 41.1 Å². The van der Waals surface area contributed by atoms with Crippen molar-refractivity contribution in [2.24, 2.45) is 17.3 Å². The molecule has 628 valence electrons. The van der Waals surface area contributed by atoms with E-state index < -0.39 is 225 Å². The standard InChI is InChI=1S/C62H122NO38P5/c1-42(2)103(76,77)101-48-33-43(3)97-47(48)21-32-102(74,75)95-40-62(39-86-41-96-106(82,83)92-29-18-11-8-14-25-88-60-45(5)54(69)56(71)50(35-65)99-60,37-84-22-19-30-93-104(78,79)90-27-16-10-7-13-24-87-59-44(4)53(68)55(70)49(34-64)98-59)38-85-23-20-31-94-105(80,81)91-28-17-12-9-15-26-89-61-52(63-46(6)67)58(73)57(72)51(36-66)100-61/h42-45,47-61,64-66,68-73H,7-41H2,1-6H3,(H,63,67)(H,74,75)(H,76,77)(H,78,79)(H,80,81)(H,82,83)/t43-,44?,45?,47+,48-,49?,50?,51?,52?,53+,54+,55-,56-,57-,58+,59+,60+,61+,62?/m0/s1. The average molecular weight is 1640 g/mol. The summed E-state index contributed by atoms with van der Waals surface area (Å²) in [4.78, 5) is 65.1. The minimum atomic E-state index is -4.79. The Morgan fingerprint density at radius 1 is 0.453 bits per heavy atom. The van der Waals surface area contributed by atoms with Crippen molar-refractivity contribution >= 4 is 44.6 Å². The van der Waals surface area contributed by atoms with Crippen LogP contribution in [0.15, 0.2) is 0 Å². The van der Waals surface area contributed by atoms with Gasteiger partial charge in [0.15, 0.2) is 25.7 Å². The summed E-state index contributed by atoms with van der Waals surface area (Å²) < 4.78 is 166. The molecule has 4 saturated heterocycles. The first kappa shape index (κ1) is 97.7. The first-order valence-corrected chi connectivity index (χ1v) is 44.1. The summed E-state index contributed by atoms with van der Waals surface area (Å²) in [6.07, 6.45) is -10.7. The zero-order chi connectivity index (χ0) is 78.7. The topological polar surface area (TPSA) is 564 Å². The number of hydrogen-bond acceptors (Lipinski definition) is 33. The predicted octanol–water partition coefficient (Wildman–Crippen LogP) is 2.73. The number of unbranched alkanes of at least 4 members (excludes halogenated alkanes) is 9. The quantitative estimate of drug-likeness (QED) is 0.0236. The highest BCUT2D eigenvalue weighted by atomic mass is 31.2. The summed E-state index contributed by atoms with van der Waals surface area (Å²) in [6, 6.07) is -1.11. The molecular formula is C62H122NO38P5. The van der Waals surface area contributed by atoms with Crippen molar-refractivity contribution in [3.05, 3.63) is 0 Å². The van der Waals surface area contributed by atoms with Gasteiger partial charge in [-0.2, -0.15) is 0 Å². The first-order valence-electron chi connectivity index (χ1n) is 36.2. The zero-order valence-electron chi connectivity index (χ0n) is 61.5. The lowest BCUT2D eigenvalue weighted by Crippen LogP contribution is -2.64. The average Bonchev–Trinajstić information content (AvgIpc) is 0.937. The van der Waals surface area contributed by atoms with E-state index >= 15 is 0 Å². The molecule has 0 radical (unpaired) electrons. The van der Waals surface area contributed by atoms with Gasteiger partial charge in [-0.1, -0.05) is 66.2 Å². The van der Waals surface area contributed by atoms with Crippen LogP contribution in [0.5, 0.6) is 0 Å². The SMILES string of the molecule is CC(=O)NC1[C@H](OCCCCCCOP(=O)(O)OCCCOCC(COCCCOP(=O)(O)OCCCCCCO[C@@H]2OC(CO)[C@H](O)[C@H](O)C2C)(COCOP(=O)(O)OCCCCCCO[C@@H]2OC(CO)[C@H](O)[C@H](O)C2C)COP(=O)(O)CC[C@H]2O[C@@H](C)C[C@@H]2OP(=O)(O)C(C)C)OC(CO)[C@H](O)[C@@H]1O. The summed E-state index contributed by atoms with van der Waals surface area (Å²) in [6.45, 7) is 3.51. The Morgan fingerprint density at radius 3 is 1.25 bits per heavy atom. The van der Waals surface area contributed by atoms with E-state index in [4.69, 9.17) is 83.6 Å². The number of aliphatic hydroxyl groups is 9. The van der Waals surface area contributed by atoms with Gasteiger partial charge in [-0.15, -0.1) is 0 Å². The Hall–Kier alpha value is -0.660. The molecular weight excluding hydrogens is 1520 g/mol. The molecule has 0 spiro atoms. The van der Waals surface area contributed by atoms with Gasteiger partial charge >= 0.3 is 38.7 Å². The lowest BCUT2D eigenvalue weighted by atomic mass is 9.92. The Labute approximate surface area is 619 Å². The molecule has 39 nitrogen and oxygen atoms in total. The maximum atomic E-state index is 14.0. The molecule has 15 N–H and O–H groups in total. The van der Waals surface area contributed by atoms with E-state index in [9.17, 15) is 98.0 Å². The van der Waals surface area contributed by atoms with E-state index in [2.05, 4.69) is 5.32 Å². The number of phosphoric acid groups is 3. The Balaban J connectivity index is 1.35. The van der Waals surface area contributed by atoms with E-state index in [1.54, 1.807) is 20.8 Å². The second-order valence-corrected chi connectivity index (χ2v) is 36.1.